The van der Waals surface area contributed by atoms with Gasteiger partial charge in [-0.05, 0) is 25.3 Å². The number of nitro benzene ring substituents is 1. The van der Waals surface area contributed by atoms with E-state index in [4.69, 9.17) is 0 Å². The van der Waals surface area contributed by atoms with Gasteiger partial charge in [-0.3, -0.25) is 10.1 Å². The molecule has 7 nitrogen and oxygen atoms in total. The van der Waals surface area contributed by atoms with Crippen LogP contribution in [0.2, 0.25) is 0 Å². The van der Waals surface area contributed by atoms with Crippen LogP contribution in [0.1, 0.15) is 31.2 Å². The Balaban J connectivity index is 2.38. The first-order valence-corrected chi connectivity index (χ1v) is 8.25. The van der Waals surface area contributed by atoms with Gasteiger partial charge >= 0.3 is 0 Å². The maximum atomic E-state index is 12.5. The molecule has 0 heterocycles. The second kappa shape index (κ2) is 6.08. The largest absolute Gasteiger partial charge is 0.391 e. The van der Waals surface area contributed by atoms with Crippen molar-refractivity contribution in [2.75, 3.05) is 0 Å². The van der Waals surface area contributed by atoms with Crippen molar-refractivity contribution in [3.63, 3.8) is 0 Å². The number of aliphatic hydroxyl groups excluding tert-OH is 1. The van der Waals surface area contributed by atoms with Gasteiger partial charge in [0.2, 0.25) is 10.0 Å². The molecule has 1 aromatic carbocycles. The van der Waals surface area contributed by atoms with Gasteiger partial charge in [-0.25, -0.2) is 13.1 Å². The Bertz CT molecular complexity index is 644. The van der Waals surface area contributed by atoms with Crippen LogP contribution in [-0.2, 0) is 10.0 Å². The van der Waals surface area contributed by atoms with Gasteiger partial charge in [0.1, 0.15) is 0 Å². The predicted octanol–water partition coefficient (Wildman–Crippen LogP) is 1.49. The maximum Gasteiger partial charge on any atom is 0.289 e. The van der Waals surface area contributed by atoms with Crippen molar-refractivity contribution in [2.45, 2.75) is 49.6 Å². The smallest absolute Gasteiger partial charge is 0.289 e. The molecule has 0 aliphatic heterocycles. The lowest BCUT2D eigenvalue weighted by Crippen LogP contribution is -2.45. The number of rotatable bonds is 4. The van der Waals surface area contributed by atoms with E-state index in [1.165, 1.54) is 25.1 Å². The van der Waals surface area contributed by atoms with Gasteiger partial charge in [-0.15, -0.1) is 0 Å². The first-order chi connectivity index (χ1) is 9.83. The van der Waals surface area contributed by atoms with Crippen LogP contribution in [0.3, 0.4) is 0 Å². The molecular weight excluding hydrogens is 296 g/mol. The lowest BCUT2D eigenvalue weighted by molar-refractivity contribution is -0.387. The van der Waals surface area contributed by atoms with Crippen LogP contribution in [0.5, 0.6) is 0 Å². The summed E-state index contributed by atoms with van der Waals surface area (Å²) in [6, 6.07) is 3.53. The summed E-state index contributed by atoms with van der Waals surface area (Å²) in [7, 11) is -4.05. The van der Waals surface area contributed by atoms with E-state index in [1.807, 2.05) is 0 Å². The monoisotopic (exact) mass is 314 g/mol. The number of benzene rings is 1. The molecule has 1 aromatic rings. The molecule has 2 rings (SSSR count). The molecule has 0 bridgehead atoms. The number of hydrogen-bond acceptors (Lipinski definition) is 5. The van der Waals surface area contributed by atoms with Gasteiger partial charge in [-0.1, -0.05) is 25.0 Å². The first kappa shape index (κ1) is 15.9. The number of nitrogens with one attached hydrogen (secondary N) is 1. The zero-order valence-corrected chi connectivity index (χ0v) is 12.5. The molecule has 0 unspecified atom stereocenters. The number of hydrogen-bond donors (Lipinski definition) is 2. The van der Waals surface area contributed by atoms with Crippen molar-refractivity contribution in [2.24, 2.45) is 0 Å². The minimum Gasteiger partial charge on any atom is -0.391 e. The van der Waals surface area contributed by atoms with Crippen LogP contribution in [0.15, 0.2) is 23.1 Å². The van der Waals surface area contributed by atoms with Crippen molar-refractivity contribution < 1.29 is 18.4 Å². The minimum atomic E-state index is -4.05. The topological polar surface area (TPSA) is 110 Å². The number of sulfonamides is 1. The third kappa shape index (κ3) is 3.39. The molecule has 0 radical (unpaired) electrons. The Morgan fingerprint density at radius 2 is 2.00 bits per heavy atom. The normalized spacial score (nSPS) is 23.0. The van der Waals surface area contributed by atoms with Crippen LogP contribution in [0, 0.1) is 17.0 Å². The molecular formula is C13H18N2O5S. The van der Waals surface area contributed by atoms with Crippen LogP contribution in [-0.4, -0.2) is 30.6 Å². The van der Waals surface area contributed by atoms with E-state index in [2.05, 4.69) is 4.72 Å². The highest BCUT2D eigenvalue weighted by molar-refractivity contribution is 7.89. The summed E-state index contributed by atoms with van der Waals surface area (Å²) < 4.78 is 27.3. The van der Waals surface area contributed by atoms with Crippen LogP contribution < -0.4 is 4.72 Å². The van der Waals surface area contributed by atoms with E-state index < -0.39 is 32.8 Å². The molecule has 1 aliphatic carbocycles. The fourth-order valence-electron chi connectivity index (χ4n) is 2.64. The zero-order chi connectivity index (χ0) is 15.6. The molecule has 1 saturated carbocycles. The third-order valence-electron chi connectivity index (χ3n) is 3.69. The van der Waals surface area contributed by atoms with Crippen molar-refractivity contribution in [3.05, 3.63) is 33.9 Å². The van der Waals surface area contributed by atoms with E-state index >= 15 is 0 Å². The molecule has 0 aromatic heterocycles. The minimum absolute atomic E-state index is 0.307. The van der Waals surface area contributed by atoms with Gasteiger partial charge in [-0.2, -0.15) is 0 Å². The first-order valence-electron chi connectivity index (χ1n) is 6.77. The van der Waals surface area contributed by atoms with Crippen LogP contribution in [0.4, 0.5) is 5.69 Å². The van der Waals surface area contributed by atoms with E-state index in [-0.39, 0.29) is 4.90 Å². The molecule has 0 amide bonds. The Hall–Kier alpha value is -1.51. The lowest BCUT2D eigenvalue weighted by Gasteiger charge is -2.28. The molecule has 21 heavy (non-hydrogen) atoms. The summed E-state index contributed by atoms with van der Waals surface area (Å²) in [5.41, 5.74) is -0.144. The molecule has 8 heteroatoms. The Morgan fingerprint density at radius 1 is 1.33 bits per heavy atom. The number of aryl methyl sites for hydroxylation is 1. The summed E-state index contributed by atoms with van der Waals surface area (Å²) in [5, 5.41) is 20.9. The summed E-state index contributed by atoms with van der Waals surface area (Å²) >= 11 is 0. The number of aliphatic hydroxyl groups is 1. The molecule has 1 fully saturated rings. The Kier molecular flexibility index (Phi) is 4.60. The summed E-state index contributed by atoms with van der Waals surface area (Å²) in [5.74, 6) is 0. The summed E-state index contributed by atoms with van der Waals surface area (Å²) in [6.07, 6.45) is 1.98. The van der Waals surface area contributed by atoms with Crippen molar-refractivity contribution in [3.8, 4) is 0 Å². The molecule has 2 atom stereocenters. The van der Waals surface area contributed by atoms with Gasteiger partial charge in [0.15, 0.2) is 4.90 Å². The van der Waals surface area contributed by atoms with E-state index in [1.54, 1.807) is 0 Å². The highest BCUT2D eigenvalue weighted by Gasteiger charge is 2.33. The van der Waals surface area contributed by atoms with E-state index in [9.17, 15) is 23.6 Å². The quantitative estimate of drug-likeness (QED) is 0.646. The fourth-order valence-corrected chi connectivity index (χ4v) is 4.34. The van der Waals surface area contributed by atoms with Crippen molar-refractivity contribution >= 4 is 15.7 Å². The summed E-state index contributed by atoms with van der Waals surface area (Å²) in [6.45, 7) is 1.51. The molecule has 1 aliphatic rings. The second-order valence-corrected chi connectivity index (χ2v) is 6.91. The maximum absolute atomic E-state index is 12.5. The molecule has 0 saturated heterocycles. The Morgan fingerprint density at radius 3 is 2.62 bits per heavy atom. The van der Waals surface area contributed by atoms with Gasteiger partial charge < -0.3 is 5.11 Å². The SMILES string of the molecule is Cc1cccc([N+](=O)[O-])c1S(=O)(=O)N[C@@H]1CCCC[C@H]1O. The second-order valence-electron chi connectivity index (χ2n) is 5.26. The average Bonchev–Trinajstić information content (AvgIpc) is 2.40. The van der Waals surface area contributed by atoms with Gasteiger partial charge in [0, 0.05) is 12.1 Å². The fraction of sp³-hybridized carbons (Fsp3) is 0.538. The van der Waals surface area contributed by atoms with E-state index in [0.717, 1.165) is 12.8 Å². The van der Waals surface area contributed by atoms with Crippen LogP contribution >= 0.6 is 0 Å². The summed E-state index contributed by atoms with van der Waals surface area (Å²) in [4.78, 5) is 10.0. The van der Waals surface area contributed by atoms with Crippen molar-refractivity contribution in [1.82, 2.24) is 4.72 Å². The molecule has 116 valence electrons. The highest BCUT2D eigenvalue weighted by Crippen LogP contribution is 2.28. The van der Waals surface area contributed by atoms with Crippen molar-refractivity contribution in [1.29, 1.82) is 0 Å². The third-order valence-corrected chi connectivity index (χ3v) is 5.37. The lowest BCUT2D eigenvalue weighted by atomic mass is 9.93. The zero-order valence-electron chi connectivity index (χ0n) is 11.7. The van der Waals surface area contributed by atoms with E-state index in [0.29, 0.717) is 18.4 Å². The Labute approximate surface area is 123 Å². The number of nitro groups is 1. The van der Waals surface area contributed by atoms with Gasteiger partial charge in [0.05, 0.1) is 11.0 Å². The standard InChI is InChI=1S/C13H18N2O5S/c1-9-5-4-7-11(15(17)18)13(9)21(19,20)14-10-6-2-3-8-12(10)16/h4-5,7,10,12,14,16H,2-3,6,8H2,1H3/t10-,12-/m1/s1. The molecule has 0 spiro atoms. The number of nitrogens with zero attached hydrogens (tertiary/aromatic N) is 1. The highest BCUT2D eigenvalue weighted by atomic mass is 32.2. The average molecular weight is 314 g/mol. The van der Waals surface area contributed by atoms with Gasteiger partial charge in [0.25, 0.3) is 5.69 Å². The van der Waals surface area contributed by atoms with Crippen LogP contribution in [0.25, 0.3) is 0 Å². The predicted molar refractivity (Wildman–Crippen MR) is 76.4 cm³/mol. The molecule has 2 N–H and O–H groups in total.